The van der Waals surface area contributed by atoms with Crippen LogP contribution in [0.25, 0.3) is 11.0 Å². The smallest absolute Gasteiger partial charge is 0.295 e. The van der Waals surface area contributed by atoms with Crippen molar-refractivity contribution in [2.24, 2.45) is 0 Å². The molecule has 0 saturated carbocycles. The molecule has 182 valence electrons. The predicted octanol–water partition coefficient (Wildman–Crippen LogP) is 6.39. The lowest BCUT2D eigenvalue weighted by Crippen LogP contribution is -2.29. The summed E-state index contributed by atoms with van der Waals surface area (Å²) in [6, 6.07) is 15.2. The molecule has 0 radical (unpaired) electrons. The molecule has 1 atom stereocenters. The number of benzene rings is 3. The Bertz CT molecular complexity index is 1590. The lowest BCUT2D eigenvalue weighted by atomic mass is 9.97. The molecule has 1 amide bonds. The van der Waals surface area contributed by atoms with E-state index in [1.54, 1.807) is 30.3 Å². The van der Waals surface area contributed by atoms with Crippen LogP contribution in [-0.2, 0) is 0 Å². The first-order chi connectivity index (χ1) is 17.3. The first-order valence-electron chi connectivity index (χ1n) is 11.4. The number of aryl methyl sites for hydroxylation is 2. The number of hydrogen-bond acceptors (Lipinski definition) is 5. The number of carbonyl (C=O) groups is 1. The van der Waals surface area contributed by atoms with Crippen LogP contribution < -0.4 is 19.8 Å². The van der Waals surface area contributed by atoms with E-state index in [4.69, 9.17) is 25.5 Å². The number of carbonyl (C=O) groups excluding carboxylic acids is 1. The maximum absolute atomic E-state index is 13.9. The van der Waals surface area contributed by atoms with Crippen LogP contribution in [0.5, 0.6) is 11.5 Å². The largest absolute Gasteiger partial charge is 0.495 e. The minimum absolute atomic E-state index is 0.0186. The minimum Gasteiger partial charge on any atom is -0.495 e. The summed E-state index contributed by atoms with van der Waals surface area (Å²) >= 11 is 6.42. The number of hydrogen-bond donors (Lipinski definition) is 0. The fourth-order valence-corrected chi connectivity index (χ4v) is 4.80. The molecule has 1 aromatic heterocycles. The highest BCUT2D eigenvalue weighted by Gasteiger charge is 2.44. The summed E-state index contributed by atoms with van der Waals surface area (Å²) in [5.74, 6) is 0.667. The van der Waals surface area contributed by atoms with E-state index in [1.165, 1.54) is 12.0 Å². The fraction of sp³-hybridized carbons (Fsp3) is 0.172. The third-order valence-electron chi connectivity index (χ3n) is 6.44. The van der Waals surface area contributed by atoms with E-state index in [0.717, 1.165) is 11.1 Å². The number of rotatable bonds is 6. The molecule has 4 aromatic rings. The van der Waals surface area contributed by atoms with Gasteiger partial charge in [-0.3, -0.25) is 14.5 Å². The molecule has 5 rings (SSSR count). The lowest BCUT2D eigenvalue weighted by Gasteiger charge is -2.26. The summed E-state index contributed by atoms with van der Waals surface area (Å²) in [4.78, 5) is 29.2. The number of nitrogens with zero attached hydrogens (tertiary/aromatic N) is 1. The van der Waals surface area contributed by atoms with Crippen molar-refractivity contribution in [3.8, 4) is 11.5 Å². The van der Waals surface area contributed by atoms with Crippen molar-refractivity contribution >= 4 is 34.2 Å². The van der Waals surface area contributed by atoms with Crippen LogP contribution >= 0.6 is 11.6 Å². The van der Waals surface area contributed by atoms with E-state index >= 15 is 0 Å². The molecule has 0 fully saturated rings. The molecule has 3 aromatic carbocycles. The van der Waals surface area contributed by atoms with E-state index in [2.05, 4.69) is 6.58 Å². The molecule has 1 aliphatic heterocycles. The van der Waals surface area contributed by atoms with Gasteiger partial charge in [0.25, 0.3) is 5.91 Å². The topological polar surface area (TPSA) is 69.0 Å². The first kappa shape index (κ1) is 23.7. The van der Waals surface area contributed by atoms with Gasteiger partial charge in [0.05, 0.1) is 29.1 Å². The van der Waals surface area contributed by atoms with E-state index in [-0.39, 0.29) is 16.8 Å². The van der Waals surface area contributed by atoms with Gasteiger partial charge in [0.15, 0.2) is 5.43 Å². The van der Waals surface area contributed by atoms with Crippen LogP contribution in [0, 0.1) is 13.8 Å². The Morgan fingerprint density at radius 3 is 2.58 bits per heavy atom. The van der Waals surface area contributed by atoms with Crippen molar-refractivity contribution < 1.29 is 18.7 Å². The van der Waals surface area contributed by atoms with E-state index in [9.17, 15) is 9.59 Å². The van der Waals surface area contributed by atoms with Gasteiger partial charge in [-0.1, -0.05) is 36.4 Å². The van der Waals surface area contributed by atoms with Crippen LogP contribution in [0.1, 0.15) is 38.9 Å². The minimum atomic E-state index is -0.744. The monoisotopic (exact) mass is 501 g/mol. The Morgan fingerprint density at radius 1 is 1.08 bits per heavy atom. The lowest BCUT2D eigenvalue weighted by molar-refractivity contribution is 0.0971. The van der Waals surface area contributed by atoms with Crippen LogP contribution in [0.3, 0.4) is 0 Å². The van der Waals surface area contributed by atoms with Gasteiger partial charge in [0.2, 0.25) is 5.76 Å². The SMILES string of the molecule is C=CCOc1cccc(C2c3c(oc4cc(C)c(C)cc4c3=O)C(=O)N2c2ccc(OC)c(Cl)c2)c1. The van der Waals surface area contributed by atoms with Gasteiger partial charge < -0.3 is 13.9 Å². The van der Waals surface area contributed by atoms with Crippen molar-refractivity contribution in [3.63, 3.8) is 0 Å². The molecular formula is C29H24ClNO5. The number of halogens is 1. The van der Waals surface area contributed by atoms with Crippen molar-refractivity contribution in [2.75, 3.05) is 18.6 Å². The Morgan fingerprint density at radius 2 is 1.86 bits per heavy atom. The average Bonchev–Trinajstić information content (AvgIpc) is 3.16. The first-order valence-corrected chi connectivity index (χ1v) is 11.8. The van der Waals surface area contributed by atoms with E-state index < -0.39 is 11.9 Å². The Kier molecular flexibility index (Phi) is 6.06. The number of amides is 1. The number of ether oxygens (including phenoxy) is 2. The van der Waals surface area contributed by atoms with E-state index in [0.29, 0.717) is 45.3 Å². The summed E-state index contributed by atoms with van der Waals surface area (Å²) < 4.78 is 17.1. The average molecular weight is 502 g/mol. The molecule has 1 aliphatic rings. The van der Waals surface area contributed by atoms with Gasteiger partial charge in [0, 0.05) is 5.69 Å². The summed E-state index contributed by atoms with van der Waals surface area (Å²) in [6.07, 6.45) is 1.65. The zero-order valence-electron chi connectivity index (χ0n) is 20.1. The molecule has 0 N–H and O–H groups in total. The highest BCUT2D eigenvalue weighted by Crippen LogP contribution is 2.43. The molecule has 2 heterocycles. The van der Waals surface area contributed by atoms with Gasteiger partial charge in [-0.15, -0.1) is 0 Å². The van der Waals surface area contributed by atoms with Gasteiger partial charge in [-0.2, -0.15) is 0 Å². The zero-order chi connectivity index (χ0) is 25.6. The van der Waals surface area contributed by atoms with Crippen molar-refractivity contribution in [1.29, 1.82) is 0 Å². The summed E-state index contributed by atoms with van der Waals surface area (Å²) in [5.41, 5.74) is 3.57. The summed E-state index contributed by atoms with van der Waals surface area (Å²) in [7, 11) is 1.52. The second-order valence-corrected chi connectivity index (χ2v) is 9.08. The number of fused-ring (bicyclic) bond motifs is 2. The van der Waals surface area contributed by atoms with Crippen LogP contribution in [-0.4, -0.2) is 19.6 Å². The molecule has 36 heavy (non-hydrogen) atoms. The molecule has 7 heteroatoms. The number of anilines is 1. The Labute approximate surface area is 213 Å². The maximum Gasteiger partial charge on any atom is 0.295 e. The second kappa shape index (κ2) is 9.21. The fourth-order valence-electron chi connectivity index (χ4n) is 4.54. The van der Waals surface area contributed by atoms with E-state index in [1.807, 2.05) is 44.2 Å². The molecule has 6 nitrogen and oxygen atoms in total. The molecular weight excluding hydrogens is 478 g/mol. The quantitative estimate of drug-likeness (QED) is 0.286. The highest BCUT2D eigenvalue weighted by molar-refractivity contribution is 6.32. The van der Waals surface area contributed by atoms with Gasteiger partial charge in [0.1, 0.15) is 23.7 Å². The van der Waals surface area contributed by atoms with Crippen LogP contribution in [0.15, 0.2) is 76.5 Å². The number of methoxy groups -OCH3 is 1. The van der Waals surface area contributed by atoms with Gasteiger partial charge in [-0.05, 0) is 73.0 Å². The zero-order valence-corrected chi connectivity index (χ0v) is 20.9. The highest BCUT2D eigenvalue weighted by atomic mass is 35.5. The van der Waals surface area contributed by atoms with Gasteiger partial charge in [-0.25, -0.2) is 0 Å². The van der Waals surface area contributed by atoms with Crippen molar-refractivity contribution in [1.82, 2.24) is 0 Å². The Hall–Kier alpha value is -4.03. The normalized spacial score (nSPS) is 14.7. The van der Waals surface area contributed by atoms with Crippen molar-refractivity contribution in [2.45, 2.75) is 19.9 Å². The maximum atomic E-state index is 13.9. The third-order valence-corrected chi connectivity index (χ3v) is 6.74. The third kappa shape index (κ3) is 3.84. The molecule has 0 aliphatic carbocycles. The standard InChI is InChI=1S/C29H24ClNO5/c1-5-11-35-20-8-6-7-18(14-20)26-25-27(32)21-12-16(2)17(3)13-24(21)36-28(25)29(33)31(26)19-9-10-23(34-4)22(30)15-19/h5-10,12-15,26H,1,11H2,2-4H3. The predicted molar refractivity (Wildman–Crippen MR) is 141 cm³/mol. The van der Waals surface area contributed by atoms with Crippen molar-refractivity contribution in [3.05, 3.63) is 111 Å². The van der Waals surface area contributed by atoms with Gasteiger partial charge >= 0.3 is 0 Å². The van der Waals surface area contributed by atoms with Crippen LogP contribution in [0.4, 0.5) is 5.69 Å². The molecule has 0 spiro atoms. The summed E-state index contributed by atoms with van der Waals surface area (Å²) in [6.45, 7) is 7.89. The molecule has 1 unspecified atom stereocenters. The molecule has 0 bridgehead atoms. The molecule has 0 saturated heterocycles. The Balaban J connectivity index is 1.77. The van der Waals surface area contributed by atoms with Crippen LogP contribution in [0.2, 0.25) is 5.02 Å². The summed E-state index contributed by atoms with van der Waals surface area (Å²) in [5, 5.41) is 0.777. The second-order valence-electron chi connectivity index (χ2n) is 8.68.